The average molecular weight is 410 g/mol. The van der Waals surface area contributed by atoms with Crippen LogP contribution < -0.4 is 4.74 Å². The molecule has 162 valence electrons. The van der Waals surface area contributed by atoms with Gasteiger partial charge in [0, 0.05) is 19.7 Å². The van der Waals surface area contributed by atoms with Crippen molar-refractivity contribution in [3.05, 3.63) is 23.9 Å². The fourth-order valence-electron chi connectivity index (χ4n) is 5.94. The largest absolute Gasteiger partial charge is 0.473 e. The lowest BCUT2D eigenvalue weighted by atomic mass is 9.61. The highest BCUT2D eigenvalue weighted by Crippen LogP contribution is 2.50. The highest BCUT2D eigenvalue weighted by Gasteiger charge is 2.47. The van der Waals surface area contributed by atoms with Crippen molar-refractivity contribution in [3.63, 3.8) is 0 Å². The van der Waals surface area contributed by atoms with E-state index in [4.69, 9.17) is 4.74 Å². The van der Waals surface area contributed by atoms with E-state index in [1.807, 2.05) is 37.0 Å². The van der Waals surface area contributed by atoms with E-state index in [2.05, 4.69) is 20.2 Å². The molecule has 2 saturated carbocycles. The molecule has 2 aliphatic carbocycles. The van der Waals surface area contributed by atoms with E-state index in [0.29, 0.717) is 17.4 Å². The second-order valence-electron chi connectivity index (χ2n) is 10.0. The van der Waals surface area contributed by atoms with Crippen molar-refractivity contribution in [1.82, 2.24) is 24.9 Å². The minimum Gasteiger partial charge on any atom is -0.473 e. The lowest BCUT2D eigenvalue weighted by molar-refractivity contribution is -0.0593. The van der Waals surface area contributed by atoms with Gasteiger partial charge >= 0.3 is 0 Å². The van der Waals surface area contributed by atoms with Gasteiger partial charge in [0.25, 0.3) is 0 Å². The Morgan fingerprint density at radius 3 is 2.47 bits per heavy atom. The van der Waals surface area contributed by atoms with E-state index in [9.17, 15) is 0 Å². The highest BCUT2D eigenvalue weighted by molar-refractivity contribution is 5.58. The van der Waals surface area contributed by atoms with Crippen LogP contribution in [-0.4, -0.2) is 50.6 Å². The predicted octanol–water partition coefficient (Wildman–Crippen LogP) is 4.39. The van der Waals surface area contributed by atoms with E-state index in [-0.39, 0.29) is 0 Å². The number of aryl methyl sites for hydroxylation is 2. The quantitative estimate of drug-likeness (QED) is 0.733. The minimum absolute atomic E-state index is 0.300. The lowest BCUT2D eigenvalue weighted by Gasteiger charge is -2.52. The standard InChI is InChI=1S/C24H35N5O/c1-18-16-25-28(2)23(18)21-8-9-22(27-26-21)30-20-14-24(15-20)10-12-29(13-11-24)17-19-6-4-3-5-7-19/h8-9,16,19-20H,3-7,10-15,17H2,1-2H3. The van der Waals surface area contributed by atoms with Gasteiger partial charge in [-0.1, -0.05) is 19.3 Å². The molecule has 0 unspecified atom stereocenters. The third kappa shape index (κ3) is 4.11. The van der Waals surface area contributed by atoms with Crippen LogP contribution in [0.5, 0.6) is 5.88 Å². The summed E-state index contributed by atoms with van der Waals surface area (Å²) >= 11 is 0. The number of nitrogens with zero attached hydrogens (tertiary/aromatic N) is 5. The van der Waals surface area contributed by atoms with Gasteiger partial charge in [0.1, 0.15) is 11.8 Å². The first-order valence-corrected chi connectivity index (χ1v) is 11.8. The van der Waals surface area contributed by atoms with Crippen molar-refractivity contribution in [3.8, 4) is 17.3 Å². The molecule has 2 aromatic heterocycles. The Morgan fingerprint density at radius 1 is 1.07 bits per heavy atom. The molecule has 0 atom stereocenters. The van der Waals surface area contributed by atoms with Gasteiger partial charge in [-0.05, 0) is 81.5 Å². The number of rotatable bonds is 5. The summed E-state index contributed by atoms with van der Waals surface area (Å²) in [5.41, 5.74) is 3.48. The van der Waals surface area contributed by atoms with Crippen molar-refractivity contribution in [2.75, 3.05) is 19.6 Å². The van der Waals surface area contributed by atoms with Crippen LogP contribution in [0.3, 0.4) is 0 Å². The Bertz CT molecular complexity index is 819. The van der Waals surface area contributed by atoms with Crippen molar-refractivity contribution < 1.29 is 4.74 Å². The summed E-state index contributed by atoms with van der Waals surface area (Å²) in [6.45, 7) is 5.94. The van der Waals surface area contributed by atoms with Gasteiger partial charge in [0.2, 0.25) is 5.88 Å². The van der Waals surface area contributed by atoms with Crippen LogP contribution in [0, 0.1) is 18.3 Å². The maximum atomic E-state index is 6.15. The van der Waals surface area contributed by atoms with Gasteiger partial charge in [0.15, 0.2) is 0 Å². The molecule has 0 radical (unpaired) electrons. The number of likely N-dealkylation sites (tertiary alicyclic amines) is 1. The Labute approximate surface area is 180 Å². The first-order valence-electron chi connectivity index (χ1n) is 11.8. The first-order chi connectivity index (χ1) is 14.6. The van der Waals surface area contributed by atoms with E-state index >= 15 is 0 Å². The molecule has 6 heteroatoms. The Balaban J connectivity index is 1.09. The molecule has 30 heavy (non-hydrogen) atoms. The second kappa shape index (κ2) is 8.29. The summed E-state index contributed by atoms with van der Waals surface area (Å²) in [5, 5.41) is 13.0. The number of hydrogen-bond donors (Lipinski definition) is 0. The van der Waals surface area contributed by atoms with Gasteiger partial charge in [0.05, 0.1) is 11.9 Å². The van der Waals surface area contributed by atoms with Gasteiger partial charge in [-0.3, -0.25) is 4.68 Å². The molecule has 1 aliphatic heterocycles. The normalized spacial score (nSPS) is 22.9. The maximum Gasteiger partial charge on any atom is 0.233 e. The Kier molecular flexibility index (Phi) is 5.52. The molecular weight excluding hydrogens is 374 g/mol. The SMILES string of the molecule is Cc1cnn(C)c1-c1ccc(OC2CC3(CCN(CC4CCCCC4)CC3)C2)nn1. The summed E-state index contributed by atoms with van der Waals surface area (Å²) in [6, 6.07) is 3.94. The van der Waals surface area contributed by atoms with Crippen molar-refractivity contribution in [2.45, 2.75) is 70.8 Å². The Morgan fingerprint density at radius 2 is 1.83 bits per heavy atom. The third-order valence-electron chi connectivity index (χ3n) is 7.77. The van der Waals surface area contributed by atoms with Crippen LogP contribution in [0.2, 0.25) is 0 Å². The number of aromatic nitrogens is 4. The third-order valence-corrected chi connectivity index (χ3v) is 7.77. The number of hydrogen-bond acceptors (Lipinski definition) is 5. The van der Waals surface area contributed by atoms with Gasteiger partial charge < -0.3 is 9.64 Å². The van der Waals surface area contributed by atoms with Crippen LogP contribution >= 0.6 is 0 Å². The smallest absolute Gasteiger partial charge is 0.233 e. The lowest BCUT2D eigenvalue weighted by Crippen LogP contribution is -2.51. The van der Waals surface area contributed by atoms with Crippen LogP contribution in [0.25, 0.3) is 11.4 Å². The molecule has 0 N–H and O–H groups in total. The average Bonchev–Trinajstić information content (AvgIpc) is 3.08. The predicted molar refractivity (Wildman–Crippen MR) is 117 cm³/mol. The van der Waals surface area contributed by atoms with E-state index in [1.165, 1.54) is 77.4 Å². The summed E-state index contributed by atoms with van der Waals surface area (Å²) in [5.74, 6) is 1.61. The summed E-state index contributed by atoms with van der Waals surface area (Å²) in [6.07, 6.45) is 14.5. The molecule has 3 heterocycles. The molecule has 0 amide bonds. The first kappa shape index (κ1) is 20.0. The molecule has 0 bridgehead atoms. The van der Waals surface area contributed by atoms with Gasteiger partial charge in [-0.15, -0.1) is 10.2 Å². The monoisotopic (exact) mass is 409 g/mol. The molecular formula is C24H35N5O. The van der Waals surface area contributed by atoms with Crippen LogP contribution in [0.1, 0.15) is 63.4 Å². The summed E-state index contributed by atoms with van der Waals surface area (Å²) in [4.78, 5) is 2.74. The van der Waals surface area contributed by atoms with Crippen LogP contribution in [-0.2, 0) is 7.05 Å². The zero-order valence-corrected chi connectivity index (χ0v) is 18.5. The molecule has 0 aromatic carbocycles. The zero-order chi connectivity index (χ0) is 20.6. The van der Waals surface area contributed by atoms with Gasteiger partial charge in [-0.25, -0.2) is 0 Å². The van der Waals surface area contributed by atoms with E-state index in [0.717, 1.165) is 22.9 Å². The van der Waals surface area contributed by atoms with Crippen LogP contribution in [0.4, 0.5) is 0 Å². The molecule has 1 spiro atoms. The maximum absolute atomic E-state index is 6.15. The van der Waals surface area contributed by atoms with Gasteiger partial charge in [-0.2, -0.15) is 5.10 Å². The minimum atomic E-state index is 0.300. The second-order valence-corrected chi connectivity index (χ2v) is 10.0. The fraction of sp³-hybridized carbons (Fsp3) is 0.708. The zero-order valence-electron chi connectivity index (χ0n) is 18.5. The molecule has 3 fully saturated rings. The van der Waals surface area contributed by atoms with Crippen molar-refractivity contribution >= 4 is 0 Å². The molecule has 1 saturated heterocycles. The summed E-state index contributed by atoms with van der Waals surface area (Å²) < 4.78 is 7.99. The molecule has 6 nitrogen and oxygen atoms in total. The Hall–Kier alpha value is -1.95. The van der Waals surface area contributed by atoms with E-state index in [1.54, 1.807) is 0 Å². The molecule has 3 aliphatic rings. The van der Waals surface area contributed by atoms with Crippen molar-refractivity contribution in [2.24, 2.45) is 18.4 Å². The highest BCUT2D eigenvalue weighted by atomic mass is 16.5. The summed E-state index contributed by atoms with van der Waals surface area (Å²) in [7, 11) is 1.93. The van der Waals surface area contributed by atoms with E-state index < -0.39 is 0 Å². The van der Waals surface area contributed by atoms with Crippen molar-refractivity contribution in [1.29, 1.82) is 0 Å². The number of ether oxygens (including phenoxy) is 1. The topological polar surface area (TPSA) is 56.1 Å². The fourth-order valence-corrected chi connectivity index (χ4v) is 5.94. The van der Waals surface area contributed by atoms with Crippen LogP contribution in [0.15, 0.2) is 18.3 Å². The molecule has 2 aromatic rings. The number of piperidine rings is 1. The molecule has 5 rings (SSSR count).